The predicted molar refractivity (Wildman–Crippen MR) is 108 cm³/mol. The number of hydrogen-bond donors (Lipinski definition) is 1. The zero-order valence-corrected chi connectivity index (χ0v) is 16.3. The molecule has 2 aromatic carbocycles. The molecule has 1 heterocycles. The fraction of sp³-hybridized carbons (Fsp3) is 0.435. The van der Waals surface area contributed by atoms with Crippen molar-refractivity contribution in [2.24, 2.45) is 0 Å². The number of carbonyl (C=O) groups excluding carboxylic acids is 1. The van der Waals surface area contributed by atoms with Gasteiger partial charge in [-0.2, -0.15) is 0 Å². The summed E-state index contributed by atoms with van der Waals surface area (Å²) in [6.45, 7) is 5.43. The van der Waals surface area contributed by atoms with Crippen molar-refractivity contribution in [2.75, 3.05) is 5.32 Å². The standard InChI is InChI=1S/C23H29FN2O/c1-3-5-7-17(6-4-2)18-9-12-22(13-10-18)25-23(27)26-15-19-8-11-21(24)14-20(19)16-26/h8-14,17H,3-7,15-16H2,1-2H3,(H,25,27). The van der Waals surface area contributed by atoms with Crippen molar-refractivity contribution in [1.82, 2.24) is 4.90 Å². The summed E-state index contributed by atoms with van der Waals surface area (Å²) in [7, 11) is 0. The van der Waals surface area contributed by atoms with Crippen molar-refractivity contribution in [3.05, 3.63) is 65.0 Å². The molecular formula is C23H29FN2O. The summed E-state index contributed by atoms with van der Waals surface area (Å²) < 4.78 is 13.4. The summed E-state index contributed by atoms with van der Waals surface area (Å²) in [5.41, 5.74) is 4.06. The Bertz CT molecular complexity index is 772. The van der Waals surface area contributed by atoms with E-state index in [-0.39, 0.29) is 11.8 Å². The molecule has 0 aliphatic carbocycles. The van der Waals surface area contributed by atoms with E-state index in [0.717, 1.165) is 16.8 Å². The number of nitrogens with zero attached hydrogens (tertiary/aromatic N) is 1. The Hall–Kier alpha value is -2.36. The number of unbranched alkanes of at least 4 members (excludes halogenated alkanes) is 1. The summed E-state index contributed by atoms with van der Waals surface area (Å²) >= 11 is 0. The molecule has 1 N–H and O–H groups in total. The van der Waals surface area contributed by atoms with E-state index < -0.39 is 0 Å². The number of anilines is 1. The van der Waals surface area contributed by atoms with Gasteiger partial charge in [-0.05, 0) is 59.7 Å². The molecule has 0 radical (unpaired) electrons. The number of urea groups is 1. The number of benzene rings is 2. The Morgan fingerprint density at radius 3 is 2.48 bits per heavy atom. The van der Waals surface area contributed by atoms with Crippen LogP contribution >= 0.6 is 0 Å². The molecule has 0 saturated heterocycles. The molecule has 1 unspecified atom stereocenters. The SMILES string of the molecule is CCCCC(CCC)c1ccc(NC(=O)N2Cc3ccc(F)cc3C2)cc1. The molecule has 27 heavy (non-hydrogen) atoms. The van der Waals surface area contributed by atoms with Crippen molar-refractivity contribution in [1.29, 1.82) is 0 Å². The first-order valence-electron chi connectivity index (χ1n) is 10.0. The van der Waals surface area contributed by atoms with Crippen LogP contribution < -0.4 is 5.32 Å². The van der Waals surface area contributed by atoms with Gasteiger partial charge in [0.05, 0.1) is 0 Å². The first-order chi connectivity index (χ1) is 13.1. The monoisotopic (exact) mass is 368 g/mol. The first kappa shape index (κ1) is 19.4. The maximum atomic E-state index is 13.4. The lowest BCUT2D eigenvalue weighted by atomic mass is 9.89. The van der Waals surface area contributed by atoms with Crippen LogP contribution in [0.1, 0.15) is 68.6 Å². The fourth-order valence-corrected chi connectivity index (χ4v) is 3.82. The van der Waals surface area contributed by atoms with Crippen molar-refractivity contribution in [2.45, 2.75) is 65.0 Å². The second kappa shape index (κ2) is 9.03. The molecule has 1 aliphatic rings. The quantitative estimate of drug-likeness (QED) is 0.598. The van der Waals surface area contributed by atoms with Crippen LogP contribution in [0.3, 0.4) is 0 Å². The first-order valence-corrected chi connectivity index (χ1v) is 10.0. The lowest BCUT2D eigenvalue weighted by Crippen LogP contribution is -2.30. The molecule has 2 aromatic rings. The van der Waals surface area contributed by atoms with Gasteiger partial charge in [0.2, 0.25) is 0 Å². The number of nitrogens with one attached hydrogen (secondary N) is 1. The molecule has 0 saturated carbocycles. The molecular weight excluding hydrogens is 339 g/mol. The number of halogens is 1. The van der Waals surface area contributed by atoms with Crippen molar-refractivity contribution in [3.63, 3.8) is 0 Å². The van der Waals surface area contributed by atoms with E-state index >= 15 is 0 Å². The van der Waals surface area contributed by atoms with Crippen LogP contribution in [0.15, 0.2) is 42.5 Å². The van der Waals surface area contributed by atoms with E-state index in [4.69, 9.17) is 0 Å². The number of carbonyl (C=O) groups is 1. The Kier molecular flexibility index (Phi) is 6.49. The van der Waals surface area contributed by atoms with E-state index in [0.29, 0.717) is 19.0 Å². The third kappa shape index (κ3) is 4.88. The molecule has 1 atom stereocenters. The fourth-order valence-electron chi connectivity index (χ4n) is 3.82. The molecule has 0 aromatic heterocycles. The van der Waals surface area contributed by atoms with Gasteiger partial charge in [-0.1, -0.05) is 51.3 Å². The Morgan fingerprint density at radius 1 is 1.04 bits per heavy atom. The minimum atomic E-state index is -0.253. The van der Waals surface area contributed by atoms with Gasteiger partial charge < -0.3 is 10.2 Å². The van der Waals surface area contributed by atoms with E-state index in [1.165, 1.54) is 49.8 Å². The molecule has 0 fully saturated rings. The molecule has 3 rings (SSSR count). The highest BCUT2D eigenvalue weighted by Crippen LogP contribution is 2.28. The summed E-state index contributed by atoms with van der Waals surface area (Å²) in [4.78, 5) is 14.3. The Morgan fingerprint density at radius 2 is 1.78 bits per heavy atom. The Labute approximate surface area is 161 Å². The third-order valence-electron chi connectivity index (χ3n) is 5.35. The van der Waals surface area contributed by atoms with Gasteiger partial charge in [-0.3, -0.25) is 0 Å². The Balaban J connectivity index is 1.60. The zero-order valence-electron chi connectivity index (χ0n) is 16.3. The summed E-state index contributed by atoms with van der Waals surface area (Å²) in [6, 6.07) is 12.8. The van der Waals surface area contributed by atoms with E-state index in [1.807, 2.05) is 12.1 Å². The van der Waals surface area contributed by atoms with E-state index in [1.54, 1.807) is 11.0 Å². The highest BCUT2D eigenvalue weighted by molar-refractivity contribution is 5.89. The molecule has 3 nitrogen and oxygen atoms in total. The van der Waals surface area contributed by atoms with E-state index in [2.05, 4.69) is 31.3 Å². The second-order valence-corrected chi connectivity index (χ2v) is 7.45. The van der Waals surface area contributed by atoms with Crippen LogP contribution in [-0.4, -0.2) is 10.9 Å². The van der Waals surface area contributed by atoms with Gasteiger partial charge >= 0.3 is 6.03 Å². The lowest BCUT2D eigenvalue weighted by molar-refractivity contribution is 0.212. The number of fused-ring (bicyclic) bond motifs is 1. The zero-order chi connectivity index (χ0) is 19.2. The third-order valence-corrected chi connectivity index (χ3v) is 5.35. The summed E-state index contributed by atoms with van der Waals surface area (Å²) in [5.74, 6) is 0.346. The van der Waals surface area contributed by atoms with Crippen LogP contribution in [-0.2, 0) is 13.1 Å². The van der Waals surface area contributed by atoms with Gasteiger partial charge in [0.15, 0.2) is 0 Å². The largest absolute Gasteiger partial charge is 0.322 e. The summed E-state index contributed by atoms with van der Waals surface area (Å²) in [6.07, 6.45) is 6.08. The van der Waals surface area contributed by atoms with Crippen LogP contribution in [0.2, 0.25) is 0 Å². The van der Waals surface area contributed by atoms with Gasteiger partial charge in [-0.25, -0.2) is 9.18 Å². The van der Waals surface area contributed by atoms with Crippen LogP contribution in [0.25, 0.3) is 0 Å². The molecule has 144 valence electrons. The maximum absolute atomic E-state index is 13.4. The average Bonchev–Trinajstić information content (AvgIpc) is 3.09. The number of hydrogen-bond acceptors (Lipinski definition) is 1. The second-order valence-electron chi connectivity index (χ2n) is 7.45. The topological polar surface area (TPSA) is 32.3 Å². The molecule has 4 heteroatoms. The van der Waals surface area contributed by atoms with Crippen LogP contribution in [0, 0.1) is 5.82 Å². The average molecular weight is 368 g/mol. The highest BCUT2D eigenvalue weighted by Gasteiger charge is 2.23. The van der Waals surface area contributed by atoms with Gasteiger partial charge in [-0.15, -0.1) is 0 Å². The normalized spacial score (nSPS) is 14.1. The molecule has 0 bridgehead atoms. The highest BCUT2D eigenvalue weighted by atomic mass is 19.1. The molecule has 2 amide bonds. The molecule has 0 spiro atoms. The minimum absolute atomic E-state index is 0.143. The van der Waals surface area contributed by atoms with Gasteiger partial charge in [0.25, 0.3) is 0 Å². The predicted octanol–water partition coefficient (Wildman–Crippen LogP) is 6.45. The van der Waals surface area contributed by atoms with E-state index in [9.17, 15) is 9.18 Å². The maximum Gasteiger partial charge on any atom is 0.322 e. The van der Waals surface area contributed by atoms with Crippen molar-refractivity contribution >= 4 is 11.7 Å². The van der Waals surface area contributed by atoms with Crippen molar-refractivity contribution < 1.29 is 9.18 Å². The van der Waals surface area contributed by atoms with Gasteiger partial charge in [0, 0.05) is 18.8 Å². The van der Waals surface area contributed by atoms with Crippen molar-refractivity contribution in [3.8, 4) is 0 Å². The number of rotatable bonds is 7. The van der Waals surface area contributed by atoms with Gasteiger partial charge in [0.1, 0.15) is 5.82 Å². The summed E-state index contributed by atoms with van der Waals surface area (Å²) in [5, 5.41) is 2.97. The molecule has 1 aliphatic heterocycles. The smallest absolute Gasteiger partial charge is 0.316 e. The minimum Gasteiger partial charge on any atom is -0.316 e. The lowest BCUT2D eigenvalue weighted by Gasteiger charge is -2.18. The van der Waals surface area contributed by atoms with Crippen LogP contribution in [0.5, 0.6) is 0 Å². The van der Waals surface area contributed by atoms with Crippen LogP contribution in [0.4, 0.5) is 14.9 Å². The number of amides is 2.